The number of ether oxygens (including phenoxy) is 1. The molecular weight excluding hydrogens is 197 g/mol. The highest BCUT2D eigenvalue weighted by Crippen LogP contribution is 2.25. The van der Waals surface area contributed by atoms with E-state index in [1.165, 1.54) is 0 Å². The van der Waals surface area contributed by atoms with E-state index in [0.29, 0.717) is 19.7 Å². The Morgan fingerprint density at radius 1 is 1.47 bits per heavy atom. The SMILES string of the molecule is Cc1cnn2c1OCC(N1CC(F)C1)C2. The lowest BCUT2D eigenvalue weighted by Crippen LogP contribution is -2.57. The molecule has 1 atom stereocenters. The predicted molar refractivity (Wildman–Crippen MR) is 52.7 cm³/mol. The number of fused-ring (bicyclic) bond motifs is 1. The van der Waals surface area contributed by atoms with Gasteiger partial charge in [0.2, 0.25) is 5.88 Å². The maximum absolute atomic E-state index is 12.7. The first-order valence-corrected chi connectivity index (χ1v) is 5.27. The zero-order valence-corrected chi connectivity index (χ0v) is 8.69. The molecule has 1 saturated heterocycles. The summed E-state index contributed by atoms with van der Waals surface area (Å²) in [6, 6.07) is 0.281. The molecule has 4 nitrogen and oxygen atoms in total. The van der Waals surface area contributed by atoms with Crippen LogP contribution in [-0.4, -0.2) is 46.6 Å². The summed E-state index contributed by atoms with van der Waals surface area (Å²) in [5.41, 5.74) is 1.07. The number of aryl methyl sites for hydroxylation is 1. The Morgan fingerprint density at radius 2 is 2.27 bits per heavy atom. The van der Waals surface area contributed by atoms with Crippen molar-refractivity contribution in [3.8, 4) is 5.88 Å². The highest BCUT2D eigenvalue weighted by atomic mass is 19.1. The van der Waals surface area contributed by atoms with E-state index >= 15 is 0 Å². The van der Waals surface area contributed by atoms with Crippen LogP contribution in [0.2, 0.25) is 0 Å². The van der Waals surface area contributed by atoms with E-state index in [0.717, 1.165) is 18.0 Å². The van der Waals surface area contributed by atoms with Crippen molar-refractivity contribution in [2.75, 3.05) is 19.7 Å². The second kappa shape index (κ2) is 3.20. The zero-order chi connectivity index (χ0) is 10.4. The molecule has 3 heterocycles. The minimum absolute atomic E-state index is 0.281. The number of nitrogens with zero attached hydrogens (tertiary/aromatic N) is 3. The van der Waals surface area contributed by atoms with Gasteiger partial charge in [0, 0.05) is 18.7 Å². The van der Waals surface area contributed by atoms with Gasteiger partial charge in [-0.2, -0.15) is 5.10 Å². The van der Waals surface area contributed by atoms with E-state index in [1.807, 2.05) is 17.8 Å². The van der Waals surface area contributed by atoms with Crippen LogP contribution in [0, 0.1) is 6.92 Å². The lowest BCUT2D eigenvalue weighted by molar-refractivity contribution is -0.0108. The molecule has 2 aliphatic heterocycles. The molecule has 3 rings (SSSR count). The quantitative estimate of drug-likeness (QED) is 0.681. The van der Waals surface area contributed by atoms with Crippen LogP contribution in [0.5, 0.6) is 5.88 Å². The van der Waals surface area contributed by atoms with Crippen LogP contribution in [-0.2, 0) is 6.54 Å². The van der Waals surface area contributed by atoms with Crippen molar-refractivity contribution < 1.29 is 9.13 Å². The second-order valence-corrected chi connectivity index (χ2v) is 4.33. The van der Waals surface area contributed by atoms with Crippen LogP contribution in [0.1, 0.15) is 5.56 Å². The Morgan fingerprint density at radius 3 is 3.00 bits per heavy atom. The third-order valence-electron chi connectivity index (χ3n) is 3.14. The van der Waals surface area contributed by atoms with Gasteiger partial charge in [-0.3, -0.25) is 4.90 Å². The molecule has 0 amide bonds. The molecule has 2 aliphatic rings. The van der Waals surface area contributed by atoms with Gasteiger partial charge in [0.25, 0.3) is 0 Å². The monoisotopic (exact) mass is 211 g/mol. The van der Waals surface area contributed by atoms with Gasteiger partial charge < -0.3 is 4.74 Å². The lowest BCUT2D eigenvalue weighted by atomic mass is 10.1. The predicted octanol–water partition coefficient (Wildman–Crippen LogP) is 0.606. The maximum atomic E-state index is 12.7. The van der Waals surface area contributed by atoms with E-state index in [2.05, 4.69) is 10.00 Å². The third-order valence-corrected chi connectivity index (χ3v) is 3.14. The zero-order valence-electron chi connectivity index (χ0n) is 8.69. The number of likely N-dealkylation sites (tertiary alicyclic amines) is 1. The second-order valence-electron chi connectivity index (χ2n) is 4.33. The Bertz CT molecular complexity index is 373. The molecule has 0 saturated carbocycles. The van der Waals surface area contributed by atoms with Crippen molar-refractivity contribution in [2.24, 2.45) is 0 Å². The first-order valence-electron chi connectivity index (χ1n) is 5.27. The Balaban J connectivity index is 1.72. The molecule has 82 valence electrons. The number of alkyl halides is 1. The summed E-state index contributed by atoms with van der Waals surface area (Å²) in [6.45, 7) is 4.54. The van der Waals surface area contributed by atoms with Gasteiger partial charge in [-0.1, -0.05) is 0 Å². The van der Waals surface area contributed by atoms with Crippen LogP contribution < -0.4 is 4.74 Å². The van der Waals surface area contributed by atoms with Gasteiger partial charge in [0.1, 0.15) is 12.8 Å². The average Bonchev–Trinajstić information content (AvgIpc) is 2.55. The fraction of sp³-hybridized carbons (Fsp3) is 0.700. The first kappa shape index (κ1) is 9.15. The first-order chi connectivity index (χ1) is 7.24. The van der Waals surface area contributed by atoms with E-state index in [-0.39, 0.29) is 6.04 Å². The molecule has 1 unspecified atom stereocenters. The highest BCUT2D eigenvalue weighted by Gasteiger charge is 2.35. The highest BCUT2D eigenvalue weighted by molar-refractivity contribution is 5.23. The van der Waals surface area contributed by atoms with Crippen LogP contribution in [0.15, 0.2) is 6.20 Å². The van der Waals surface area contributed by atoms with E-state index in [4.69, 9.17) is 4.74 Å². The summed E-state index contributed by atoms with van der Waals surface area (Å²) >= 11 is 0. The topological polar surface area (TPSA) is 30.3 Å². The van der Waals surface area contributed by atoms with Crippen LogP contribution in [0.4, 0.5) is 4.39 Å². The minimum atomic E-state index is -0.647. The smallest absolute Gasteiger partial charge is 0.214 e. The molecule has 1 fully saturated rings. The van der Waals surface area contributed by atoms with Gasteiger partial charge in [0.05, 0.1) is 18.8 Å². The third kappa shape index (κ3) is 1.42. The van der Waals surface area contributed by atoms with Gasteiger partial charge in [0.15, 0.2) is 0 Å². The maximum Gasteiger partial charge on any atom is 0.214 e. The Kier molecular flexibility index (Phi) is 1.95. The van der Waals surface area contributed by atoms with Gasteiger partial charge in [-0.15, -0.1) is 0 Å². The van der Waals surface area contributed by atoms with E-state index < -0.39 is 6.17 Å². The molecule has 0 bridgehead atoms. The fourth-order valence-corrected chi connectivity index (χ4v) is 2.19. The summed E-state index contributed by atoms with van der Waals surface area (Å²) in [7, 11) is 0. The van der Waals surface area contributed by atoms with E-state index in [9.17, 15) is 4.39 Å². The molecule has 15 heavy (non-hydrogen) atoms. The standard InChI is InChI=1S/C10H14FN3O/c1-7-2-12-14-5-9(6-15-10(7)14)13-3-8(11)4-13/h2,8-9H,3-6H2,1H3. The molecule has 0 radical (unpaired) electrons. The molecule has 1 aromatic rings. The molecule has 1 aromatic heterocycles. The van der Waals surface area contributed by atoms with Gasteiger partial charge >= 0.3 is 0 Å². The van der Waals surface area contributed by atoms with Crippen LogP contribution in [0.3, 0.4) is 0 Å². The molecule has 0 aliphatic carbocycles. The molecular formula is C10H14FN3O. The van der Waals surface area contributed by atoms with Crippen molar-refractivity contribution in [3.05, 3.63) is 11.8 Å². The number of rotatable bonds is 1. The van der Waals surface area contributed by atoms with Crippen molar-refractivity contribution in [3.63, 3.8) is 0 Å². The van der Waals surface area contributed by atoms with Crippen molar-refractivity contribution in [1.29, 1.82) is 0 Å². The van der Waals surface area contributed by atoms with Crippen molar-refractivity contribution in [1.82, 2.24) is 14.7 Å². The minimum Gasteiger partial charge on any atom is -0.476 e. The molecule has 0 N–H and O–H groups in total. The normalized spacial score (nSPS) is 26.9. The van der Waals surface area contributed by atoms with Crippen LogP contribution in [0.25, 0.3) is 0 Å². The fourth-order valence-electron chi connectivity index (χ4n) is 2.19. The summed E-state index contributed by atoms with van der Waals surface area (Å²) < 4.78 is 20.2. The Labute approximate surface area is 87.6 Å². The van der Waals surface area contributed by atoms with Crippen molar-refractivity contribution >= 4 is 0 Å². The number of hydrogen-bond acceptors (Lipinski definition) is 3. The number of halogens is 1. The summed E-state index contributed by atoms with van der Waals surface area (Å²) in [6.07, 6.45) is 1.16. The summed E-state index contributed by atoms with van der Waals surface area (Å²) in [4.78, 5) is 2.12. The van der Waals surface area contributed by atoms with Crippen LogP contribution >= 0.6 is 0 Å². The lowest BCUT2D eigenvalue weighted by Gasteiger charge is -2.41. The molecule has 0 spiro atoms. The number of aromatic nitrogens is 2. The Hall–Kier alpha value is -1.10. The van der Waals surface area contributed by atoms with Gasteiger partial charge in [-0.25, -0.2) is 9.07 Å². The summed E-state index contributed by atoms with van der Waals surface area (Å²) in [5, 5.41) is 4.24. The van der Waals surface area contributed by atoms with E-state index in [1.54, 1.807) is 0 Å². The van der Waals surface area contributed by atoms with Gasteiger partial charge in [-0.05, 0) is 6.92 Å². The number of hydrogen-bond donors (Lipinski definition) is 0. The largest absolute Gasteiger partial charge is 0.476 e. The summed E-state index contributed by atoms with van der Waals surface area (Å²) in [5.74, 6) is 0.864. The molecule has 5 heteroatoms. The average molecular weight is 211 g/mol. The van der Waals surface area contributed by atoms with Crippen molar-refractivity contribution in [2.45, 2.75) is 25.7 Å². The molecule has 0 aromatic carbocycles.